The van der Waals surface area contributed by atoms with Gasteiger partial charge in [0.1, 0.15) is 11.3 Å². The summed E-state index contributed by atoms with van der Waals surface area (Å²) in [5, 5.41) is 21.9. The average Bonchev–Trinajstić information content (AvgIpc) is 2.73. The number of fused-ring (bicyclic) bond motifs is 1. The number of hydrogen-bond donors (Lipinski definition) is 2. The Balaban J connectivity index is 1.74. The summed E-state index contributed by atoms with van der Waals surface area (Å²) in [6.45, 7) is 4.36. The van der Waals surface area contributed by atoms with Crippen molar-refractivity contribution in [1.29, 1.82) is 0 Å². The lowest BCUT2D eigenvalue weighted by molar-refractivity contribution is 0.0938. The summed E-state index contributed by atoms with van der Waals surface area (Å²) in [4.78, 5) is 9.02. The molecule has 1 aliphatic rings. The molecule has 6 heteroatoms. The third-order valence-electron chi connectivity index (χ3n) is 5.45. The van der Waals surface area contributed by atoms with E-state index in [-0.39, 0.29) is 18.4 Å². The number of aromatic nitrogens is 1. The van der Waals surface area contributed by atoms with E-state index in [1.807, 2.05) is 48.5 Å². The number of benzene rings is 2. The highest BCUT2D eigenvalue weighted by Gasteiger charge is 2.28. The summed E-state index contributed by atoms with van der Waals surface area (Å²) in [5.74, 6) is 0.232. The van der Waals surface area contributed by atoms with Gasteiger partial charge in [0.25, 0.3) is 0 Å². The number of rotatable bonds is 5. The van der Waals surface area contributed by atoms with Gasteiger partial charge in [-0.1, -0.05) is 41.9 Å². The number of aliphatic hydroxyl groups excluding tert-OH is 1. The standard InChI is InChI=1S/C22H24ClN3O2/c23-18-6-3-17(4-7-18)21(26-12-10-25(11-13-26)14-15-27)19-8-5-16-2-1-9-24-20(16)22(19)28/h1-9,21,27-28H,10-15H2. The normalized spacial score (nSPS) is 17.1. The van der Waals surface area contributed by atoms with Crippen LogP contribution in [-0.4, -0.2) is 64.3 Å². The molecule has 1 aromatic heterocycles. The second kappa shape index (κ2) is 8.45. The molecule has 0 radical (unpaired) electrons. The van der Waals surface area contributed by atoms with Crippen molar-refractivity contribution >= 4 is 22.5 Å². The van der Waals surface area contributed by atoms with Crippen LogP contribution in [0.5, 0.6) is 5.75 Å². The van der Waals surface area contributed by atoms with Crippen LogP contribution in [0.25, 0.3) is 10.9 Å². The lowest BCUT2D eigenvalue weighted by atomic mass is 9.94. The zero-order valence-electron chi connectivity index (χ0n) is 15.6. The van der Waals surface area contributed by atoms with E-state index in [9.17, 15) is 10.2 Å². The fraction of sp³-hybridized carbons (Fsp3) is 0.318. The van der Waals surface area contributed by atoms with Crippen molar-refractivity contribution in [3.63, 3.8) is 0 Å². The van der Waals surface area contributed by atoms with Crippen LogP contribution >= 0.6 is 11.6 Å². The largest absolute Gasteiger partial charge is 0.505 e. The molecule has 2 heterocycles. The fourth-order valence-corrected chi connectivity index (χ4v) is 4.11. The van der Waals surface area contributed by atoms with Crippen LogP contribution in [0, 0.1) is 0 Å². The van der Waals surface area contributed by atoms with Crippen LogP contribution in [0.1, 0.15) is 17.2 Å². The molecule has 4 rings (SSSR count). The Bertz CT molecular complexity index is 940. The van der Waals surface area contributed by atoms with E-state index in [0.29, 0.717) is 17.1 Å². The number of β-amino-alcohol motifs (C(OH)–C–C–N with tert-alkyl or cyclic N) is 1. The molecule has 1 fully saturated rings. The molecule has 2 aromatic carbocycles. The second-order valence-corrected chi connectivity index (χ2v) is 7.57. The van der Waals surface area contributed by atoms with Crippen molar-refractivity contribution < 1.29 is 10.2 Å². The van der Waals surface area contributed by atoms with Gasteiger partial charge < -0.3 is 10.2 Å². The fourth-order valence-electron chi connectivity index (χ4n) is 3.98. The van der Waals surface area contributed by atoms with Gasteiger partial charge in [0.05, 0.1) is 12.6 Å². The smallest absolute Gasteiger partial charge is 0.146 e. The number of piperazine rings is 1. The highest BCUT2D eigenvalue weighted by Crippen LogP contribution is 2.38. The van der Waals surface area contributed by atoms with Gasteiger partial charge in [-0.3, -0.25) is 14.8 Å². The first-order valence-corrected chi connectivity index (χ1v) is 9.94. The molecule has 2 N–H and O–H groups in total. The Labute approximate surface area is 169 Å². The van der Waals surface area contributed by atoms with Crippen molar-refractivity contribution in [2.45, 2.75) is 6.04 Å². The summed E-state index contributed by atoms with van der Waals surface area (Å²) in [6.07, 6.45) is 1.71. The molecule has 28 heavy (non-hydrogen) atoms. The number of hydrogen-bond acceptors (Lipinski definition) is 5. The third-order valence-corrected chi connectivity index (χ3v) is 5.70. The predicted molar refractivity (Wildman–Crippen MR) is 112 cm³/mol. The zero-order chi connectivity index (χ0) is 19.5. The lowest BCUT2D eigenvalue weighted by Crippen LogP contribution is -2.48. The van der Waals surface area contributed by atoms with Gasteiger partial charge in [-0.05, 0) is 23.8 Å². The van der Waals surface area contributed by atoms with Gasteiger partial charge in [0.15, 0.2) is 0 Å². The Kier molecular flexibility index (Phi) is 5.78. The van der Waals surface area contributed by atoms with Gasteiger partial charge in [-0.25, -0.2) is 0 Å². The first-order chi connectivity index (χ1) is 13.7. The van der Waals surface area contributed by atoms with Crippen LogP contribution in [0.2, 0.25) is 5.02 Å². The van der Waals surface area contributed by atoms with Gasteiger partial charge in [-0.15, -0.1) is 0 Å². The SMILES string of the molecule is OCCN1CCN(C(c2ccc(Cl)cc2)c2ccc3cccnc3c2O)CC1. The average molecular weight is 398 g/mol. The molecule has 0 amide bonds. The predicted octanol–water partition coefficient (Wildman–Crippen LogP) is 3.29. The number of phenolic OH excluding ortho intramolecular Hbond substituents is 1. The topological polar surface area (TPSA) is 59.8 Å². The molecule has 5 nitrogen and oxygen atoms in total. The quantitative estimate of drug-likeness (QED) is 0.691. The number of aromatic hydroxyl groups is 1. The van der Waals surface area contributed by atoms with Crippen molar-refractivity contribution in [3.05, 3.63) is 70.9 Å². The van der Waals surface area contributed by atoms with E-state index < -0.39 is 0 Å². The van der Waals surface area contributed by atoms with Gasteiger partial charge in [0.2, 0.25) is 0 Å². The minimum Gasteiger partial charge on any atom is -0.505 e. The second-order valence-electron chi connectivity index (χ2n) is 7.13. The molecule has 1 aliphatic heterocycles. The zero-order valence-corrected chi connectivity index (χ0v) is 16.4. The monoisotopic (exact) mass is 397 g/mol. The first-order valence-electron chi connectivity index (χ1n) is 9.56. The van der Waals surface area contributed by atoms with Crippen molar-refractivity contribution in [3.8, 4) is 5.75 Å². The molecule has 3 aromatic rings. The third kappa shape index (κ3) is 3.84. The van der Waals surface area contributed by atoms with Gasteiger partial charge in [0, 0.05) is 54.9 Å². The summed E-state index contributed by atoms with van der Waals surface area (Å²) >= 11 is 6.11. The van der Waals surface area contributed by atoms with Crippen LogP contribution in [0.3, 0.4) is 0 Å². The van der Waals surface area contributed by atoms with E-state index in [2.05, 4.69) is 14.8 Å². The Morgan fingerprint density at radius 2 is 1.75 bits per heavy atom. The van der Waals surface area contributed by atoms with Crippen molar-refractivity contribution in [2.75, 3.05) is 39.3 Å². The van der Waals surface area contributed by atoms with Crippen molar-refractivity contribution in [2.24, 2.45) is 0 Å². The highest BCUT2D eigenvalue weighted by atomic mass is 35.5. The molecule has 0 bridgehead atoms. The number of phenols is 1. The maximum absolute atomic E-state index is 11.0. The molecule has 0 spiro atoms. The van der Waals surface area contributed by atoms with Crippen LogP contribution < -0.4 is 0 Å². The Hall–Kier alpha value is -2.18. The van der Waals surface area contributed by atoms with Gasteiger partial charge >= 0.3 is 0 Å². The molecule has 146 valence electrons. The van der Waals surface area contributed by atoms with Crippen molar-refractivity contribution in [1.82, 2.24) is 14.8 Å². The summed E-state index contributed by atoms with van der Waals surface area (Å²) < 4.78 is 0. The maximum Gasteiger partial charge on any atom is 0.146 e. The van der Waals surface area contributed by atoms with E-state index in [4.69, 9.17) is 11.6 Å². The molecular weight excluding hydrogens is 374 g/mol. The van der Waals surface area contributed by atoms with Crippen LogP contribution in [0.15, 0.2) is 54.7 Å². The first kappa shape index (κ1) is 19.2. The van der Waals surface area contributed by atoms with Crippen LogP contribution in [0.4, 0.5) is 0 Å². The van der Waals surface area contributed by atoms with E-state index in [0.717, 1.165) is 42.7 Å². The lowest BCUT2D eigenvalue weighted by Gasteiger charge is -2.39. The summed E-state index contributed by atoms with van der Waals surface area (Å²) in [5.41, 5.74) is 2.56. The molecule has 1 unspecified atom stereocenters. The summed E-state index contributed by atoms with van der Waals surface area (Å²) in [7, 11) is 0. The number of pyridine rings is 1. The summed E-state index contributed by atoms with van der Waals surface area (Å²) in [6, 6.07) is 15.6. The van der Waals surface area contributed by atoms with Crippen LogP contribution in [-0.2, 0) is 0 Å². The Morgan fingerprint density at radius 1 is 1.00 bits per heavy atom. The molecular formula is C22H24ClN3O2. The van der Waals surface area contributed by atoms with E-state index in [1.54, 1.807) is 6.20 Å². The molecule has 0 saturated carbocycles. The molecule has 1 atom stereocenters. The number of nitrogens with zero attached hydrogens (tertiary/aromatic N) is 3. The van der Waals surface area contributed by atoms with E-state index >= 15 is 0 Å². The number of aliphatic hydroxyl groups is 1. The maximum atomic E-state index is 11.0. The number of halogens is 1. The van der Waals surface area contributed by atoms with Gasteiger partial charge in [-0.2, -0.15) is 0 Å². The molecule has 1 saturated heterocycles. The molecule has 0 aliphatic carbocycles. The van der Waals surface area contributed by atoms with E-state index in [1.165, 1.54) is 0 Å². The Morgan fingerprint density at radius 3 is 2.46 bits per heavy atom. The minimum atomic E-state index is -0.0834. The minimum absolute atomic E-state index is 0.0834. The highest BCUT2D eigenvalue weighted by molar-refractivity contribution is 6.30.